The molecule has 7 heterocycles. The number of rotatable bonds is 9. The van der Waals surface area contributed by atoms with E-state index in [4.69, 9.17) is 32.7 Å². The number of nitrogens with one attached hydrogen (secondary N) is 3. The summed E-state index contributed by atoms with van der Waals surface area (Å²) in [4.78, 5) is 16.9. The summed E-state index contributed by atoms with van der Waals surface area (Å²) in [6.07, 6.45) is 13.0. The van der Waals surface area contributed by atoms with Gasteiger partial charge in [0.15, 0.2) is 21.6 Å². The number of imidazole rings is 3. The molecule has 3 aliphatic rings. The summed E-state index contributed by atoms with van der Waals surface area (Å²) in [5.74, 6) is 1.72. The Morgan fingerprint density at radius 3 is 1.96 bits per heavy atom. The quantitative estimate of drug-likeness (QED) is 0.127. The molecule has 9 rings (SSSR count). The fourth-order valence-corrected chi connectivity index (χ4v) is 7.08. The van der Waals surface area contributed by atoms with Crippen molar-refractivity contribution in [3.63, 3.8) is 0 Å². The van der Waals surface area contributed by atoms with Gasteiger partial charge in [-0.1, -0.05) is 47.5 Å². The Morgan fingerprint density at radius 2 is 1.35 bits per heavy atom. The molecule has 49 heavy (non-hydrogen) atoms. The van der Waals surface area contributed by atoms with Gasteiger partial charge in [0.2, 0.25) is 0 Å². The summed E-state index contributed by atoms with van der Waals surface area (Å²) in [5.41, 5.74) is 7.39. The zero-order chi connectivity index (χ0) is 33.3. The zero-order valence-electron chi connectivity index (χ0n) is 26.6. The largest absolute Gasteiger partial charge is 0.379 e. The second kappa shape index (κ2) is 14.4. The number of H-pyrrole nitrogens is 1. The maximum Gasteiger partial charge on any atom is 0.178 e. The van der Waals surface area contributed by atoms with E-state index in [2.05, 4.69) is 87.6 Å². The van der Waals surface area contributed by atoms with Crippen molar-refractivity contribution in [1.29, 1.82) is 0 Å². The van der Waals surface area contributed by atoms with Crippen LogP contribution in [0.4, 0.5) is 11.4 Å². The molecule has 0 amide bonds. The molecule has 2 saturated heterocycles. The van der Waals surface area contributed by atoms with E-state index in [9.17, 15) is 0 Å². The Morgan fingerprint density at radius 1 is 0.755 bits per heavy atom. The van der Waals surface area contributed by atoms with Crippen LogP contribution in [0.3, 0.4) is 0 Å². The van der Waals surface area contributed by atoms with Gasteiger partial charge in [-0.15, -0.1) is 0 Å². The molecule has 2 atom stereocenters. The van der Waals surface area contributed by atoms with Gasteiger partial charge in [-0.3, -0.25) is 0 Å². The van der Waals surface area contributed by atoms with E-state index in [1.165, 1.54) is 12.8 Å². The smallest absolute Gasteiger partial charge is 0.178 e. The van der Waals surface area contributed by atoms with Gasteiger partial charge >= 0.3 is 0 Å². The van der Waals surface area contributed by atoms with Crippen molar-refractivity contribution in [3.8, 4) is 22.5 Å². The van der Waals surface area contributed by atoms with Crippen LogP contribution in [0.1, 0.15) is 50.3 Å². The number of hydrogen-bond acceptors (Lipinski definition) is 9. The molecule has 1 aliphatic carbocycles. The Labute approximate surface area is 306 Å². The molecule has 12 nitrogen and oxygen atoms in total. The SMILES string of the molecule is Clc1cc(NC[C@@H]2CCCO2)c2ncc(-c3ccc(-c4cnc(C5CC5)[nH]4)cc3)n2n1.Clc1cc(NC[C@@H]2CCCO2)c2ncc(I)n2n1. The highest BCUT2D eigenvalue weighted by Gasteiger charge is 2.26. The molecule has 0 bridgehead atoms. The third kappa shape index (κ3) is 7.36. The van der Waals surface area contributed by atoms with Gasteiger partial charge in [-0.05, 0) is 66.7 Å². The van der Waals surface area contributed by atoms with Crippen molar-refractivity contribution < 1.29 is 9.47 Å². The molecule has 6 aromatic rings. The van der Waals surface area contributed by atoms with E-state index in [0.717, 1.165) is 107 Å². The second-order valence-corrected chi connectivity index (χ2v) is 14.4. The van der Waals surface area contributed by atoms with Crippen LogP contribution in [0, 0.1) is 3.70 Å². The van der Waals surface area contributed by atoms with E-state index in [-0.39, 0.29) is 12.2 Å². The van der Waals surface area contributed by atoms with E-state index < -0.39 is 0 Å². The molecule has 3 N–H and O–H groups in total. The Kier molecular flexibility index (Phi) is 9.60. The van der Waals surface area contributed by atoms with Crippen LogP contribution in [-0.4, -0.2) is 77.7 Å². The van der Waals surface area contributed by atoms with Crippen molar-refractivity contribution in [2.75, 3.05) is 36.9 Å². The van der Waals surface area contributed by atoms with Crippen LogP contribution in [0.15, 0.2) is 55.0 Å². The third-order valence-electron chi connectivity index (χ3n) is 8.97. The summed E-state index contributed by atoms with van der Waals surface area (Å²) >= 11 is 14.5. The average Bonchev–Trinajstić information content (AvgIpc) is 3.71. The van der Waals surface area contributed by atoms with Crippen molar-refractivity contribution in [3.05, 3.63) is 74.8 Å². The van der Waals surface area contributed by atoms with E-state index in [0.29, 0.717) is 16.2 Å². The van der Waals surface area contributed by atoms with E-state index in [1.807, 2.05) is 18.5 Å². The molecule has 3 fully saturated rings. The number of aromatic nitrogens is 8. The summed E-state index contributed by atoms with van der Waals surface area (Å²) in [7, 11) is 0. The van der Waals surface area contributed by atoms with Gasteiger partial charge in [0.05, 0.1) is 53.6 Å². The normalized spacial score (nSPS) is 19.0. The lowest BCUT2D eigenvalue weighted by molar-refractivity contribution is 0.120. The number of aromatic amines is 1. The average molecular weight is 814 g/mol. The topological polar surface area (TPSA) is 132 Å². The van der Waals surface area contributed by atoms with Crippen LogP contribution in [0.5, 0.6) is 0 Å². The summed E-state index contributed by atoms with van der Waals surface area (Å²) < 4.78 is 15.8. The first kappa shape index (κ1) is 32.7. The first-order chi connectivity index (χ1) is 24.0. The van der Waals surface area contributed by atoms with E-state index in [1.54, 1.807) is 21.3 Å². The zero-order valence-corrected chi connectivity index (χ0v) is 30.2. The molecule has 15 heteroatoms. The van der Waals surface area contributed by atoms with Crippen LogP contribution in [0.25, 0.3) is 33.8 Å². The molecule has 2 aliphatic heterocycles. The number of benzene rings is 1. The highest BCUT2D eigenvalue weighted by atomic mass is 127. The standard InChI is InChI=1S/C23H23ClN6O.C11H12ClIN4O/c24-21-10-18(25-11-17-2-1-9-31-17)23-27-13-20(30(23)29-21)15-5-3-14(4-6-15)19-12-26-22(28-19)16-7-8-16;12-9-4-8(14-5-7-2-1-3-18-7)11-15-6-10(13)17(11)16-9/h3-6,10,12-13,16-17,25H,1-2,7-9,11H2,(H,26,28);4,6-7,14H,1-3,5H2/t17-;7-/m00/s1. The lowest BCUT2D eigenvalue weighted by Gasteiger charge is -2.13. The summed E-state index contributed by atoms with van der Waals surface area (Å²) in [6, 6.07) is 12.0. The van der Waals surface area contributed by atoms with Gasteiger partial charge in [-0.2, -0.15) is 10.2 Å². The first-order valence-electron chi connectivity index (χ1n) is 16.6. The molecule has 1 aromatic carbocycles. The highest BCUT2D eigenvalue weighted by molar-refractivity contribution is 14.1. The Balaban J connectivity index is 0.000000165. The van der Waals surface area contributed by atoms with Crippen LogP contribution < -0.4 is 10.6 Å². The van der Waals surface area contributed by atoms with Gasteiger partial charge in [-0.25, -0.2) is 24.0 Å². The fraction of sp³-hybridized carbons (Fsp3) is 0.382. The van der Waals surface area contributed by atoms with Gasteiger partial charge in [0, 0.05) is 49.9 Å². The molecule has 0 radical (unpaired) electrons. The monoisotopic (exact) mass is 812 g/mol. The molecule has 0 unspecified atom stereocenters. The molecular weight excluding hydrogens is 778 g/mol. The van der Waals surface area contributed by atoms with Gasteiger partial charge < -0.3 is 25.1 Å². The van der Waals surface area contributed by atoms with Crippen LogP contribution in [0.2, 0.25) is 10.3 Å². The number of ether oxygens (including phenoxy) is 2. The minimum absolute atomic E-state index is 0.233. The fourth-order valence-electron chi connectivity index (χ4n) is 6.23. The third-order valence-corrected chi connectivity index (χ3v) is 10.1. The predicted octanol–water partition coefficient (Wildman–Crippen LogP) is 7.49. The number of anilines is 2. The number of halogens is 3. The number of hydrogen-bond donors (Lipinski definition) is 3. The minimum atomic E-state index is 0.233. The molecular formula is C34H35Cl2IN10O2. The summed E-state index contributed by atoms with van der Waals surface area (Å²) in [5, 5.41) is 16.4. The molecule has 0 spiro atoms. The van der Waals surface area contributed by atoms with Crippen molar-refractivity contribution >= 4 is 68.5 Å². The van der Waals surface area contributed by atoms with Crippen molar-refractivity contribution in [2.45, 2.75) is 56.7 Å². The maximum atomic E-state index is 6.33. The number of fused-ring (bicyclic) bond motifs is 2. The minimum Gasteiger partial charge on any atom is -0.379 e. The predicted molar refractivity (Wildman–Crippen MR) is 199 cm³/mol. The Hall–Kier alpha value is -3.50. The lowest BCUT2D eigenvalue weighted by atomic mass is 10.1. The first-order valence-corrected chi connectivity index (χ1v) is 18.4. The highest BCUT2D eigenvalue weighted by Crippen LogP contribution is 2.39. The maximum absolute atomic E-state index is 6.33. The molecule has 254 valence electrons. The van der Waals surface area contributed by atoms with E-state index >= 15 is 0 Å². The van der Waals surface area contributed by atoms with Gasteiger partial charge in [0.25, 0.3) is 0 Å². The van der Waals surface area contributed by atoms with Crippen LogP contribution in [-0.2, 0) is 9.47 Å². The van der Waals surface area contributed by atoms with Crippen LogP contribution >= 0.6 is 45.8 Å². The Bertz CT molecular complexity index is 2070. The molecule has 1 saturated carbocycles. The van der Waals surface area contributed by atoms with Crippen molar-refractivity contribution in [2.24, 2.45) is 0 Å². The summed E-state index contributed by atoms with van der Waals surface area (Å²) in [6.45, 7) is 3.21. The number of nitrogens with zero attached hydrogens (tertiary/aromatic N) is 7. The van der Waals surface area contributed by atoms with Crippen molar-refractivity contribution in [1.82, 2.24) is 39.2 Å². The second-order valence-electron chi connectivity index (χ2n) is 12.5. The van der Waals surface area contributed by atoms with Gasteiger partial charge in [0.1, 0.15) is 9.53 Å². The molecule has 5 aromatic heterocycles. The lowest BCUT2D eigenvalue weighted by Crippen LogP contribution is -2.19.